The SMILES string of the molecule is CC[C@H]1C=Cc2ccccc21. The van der Waals surface area contributed by atoms with Gasteiger partial charge in [-0.2, -0.15) is 0 Å². The molecule has 0 radical (unpaired) electrons. The van der Waals surface area contributed by atoms with Crippen LogP contribution in [0.3, 0.4) is 0 Å². The summed E-state index contributed by atoms with van der Waals surface area (Å²) in [5, 5.41) is 0. The van der Waals surface area contributed by atoms with Crippen LogP contribution in [0.15, 0.2) is 30.3 Å². The van der Waals surface area contributed by atoms with Crippen molar-refractivity contribution in [3.05, 3.63) is 41.5 Å². The van der Waals surface area contributed by atoms with Crippen molar-refractivity contribution in [1.29, 1.82) is 0 Å². The number of allylic oxidation sites excluding steroid dienone is 1. The molecule has 0 heteroatoms. The van der Waals surface area contributed by atoms with E-state index in [0.717, 1.165) is 0 Å². The lowest BCUT2D eigenvalue weighted by Crippen LogP contribution is -1.89. The first kappa shape index (κ1) is 6.66. The number of rotatable bonds is 1. The van der Waals surface area contributed by atoms with Gasteiger partial charge in [0, 0.05) is 5.92 Å². The van der Waals surface area contributed by atoms with Crippen molar-refractivity contribution >= 4 is 6.08 Å². The van der Waals surface area contributed by atoms with Gasteiger partial charge in [-0.1, -0.05) is 43.3 Å². The van der Waals surface area contributed by atoms with Crippen molar-refractivity contribution < 1.29 is 0 Å². The van der Waals surface area contributed by atoms with E-state index < -0.39 is 0 Å². The molecule has 56 valence electrons. The summed E-state index contributed by atoms with van der Waals surface area (Å²) in [5.74, 6) is 0.672. The minimum atomic E-state index is 0.672. The minimum absolute atomic E-state index is 0.672. The van der Waals surface area contributed by atoms with Gasteiger partial charge in [0.2, 0.25) is 0 Å². The van der Waals surface area contributed by atoms with E-state index in [4.69, 9.17) is 0 Å². The highest BCUT2D eigenvalue weighted by molar-refractivity contribution is 5.62. The van der Waals surface area contributed by atoms with Gasteiger partial charge in [-0.25, -0.2) is 0 Å². The van der Waals surface area contributed by atoms with Crippen LogP contribution in [0.1, 0.15) is 30.4 Å². The molecule has 11 heavy (non-hydrogen) atoms. The second-order valence-electron chi connectivity index (χ2n) is 3.00. The largest absolute Gasteiger partial charge is 0.0764 e. The lowest BCUT2D eigenvalue weighted by Gasteiger charge is -2.05. The predicted molar refractivity (Wildman–Crippen MR) is 48.5 cm³/mol. The molecular formula is C11H12. The van der Waals surface area contributed by atoms with Gasteiger partial charge in [-0.15, -0.1) is 0 Å². The van der Waals surface area contributed by atoms with Crippen molar-refractivity contribution in [3.8, 4) is 0 Å². The number of hydrogen-bond donors (Lipinski definition) is 0. The molecule has 0 N–H and O–H groups in total. The van der Waals surface area contributed by atoms with Crippen molar-refractivity contribution in [2.45, 2.75) is 19.3 Å². The zero-order valence-electron chi connectivity index (χ0n) is 6.75. The molecule has 0 nitrogen and oxygen atoms in total. The second kappa shape index (κ2) is 2.54. The molecular weight excluding hydrogens is 132 g/mol. The topological polar surface area (TPSA) is 0 Å². The van der Waals surface area contributed by atoms with Gasteiger partial charge in [-0.3, -0.25) is 0 Å². The van der Waals surface area contributed by atoms with Gasteiger partial charge in [0.25, 0.3) is 0 Å². The summed E-state index contributed by atoms with van der Waals surface area (Å²) in [4.78, 5) is 0. The van der Waals surface area contributed by atoms with Crippen LogP contribution in [0.2, 0.25) is 0 Å². The molecule has 0 saturated heterocycles. The molecule has 1 aliphatic rings. The van der Waals surface area contributed by atoms with Crippen molar-refractivity contribution in [3.63, 3.8) is 0 Å². The van der Waals surface area contributed by atoms with E-state index in [0.29, 0.717) is 5.92 Å². The van der Waals surface area contributed by atoms with Gasteiger partial charge in [-0.05, 0) is 17.5 Å². The summed E-state index contributed by atoms with van der Waals surface area (Å²) in [7, 11) is 0. The highest BCUT2D eigenvalue weighted by Gasteiger charge is 2.13. The Balaban J connectivity index is 2.46. The zero-order chi connectivity index (χ0) is 7.68. The van der Waals surface area contributed by atoms with Crippen LogP contribution >= 0.6 is 0 Å². The maximum absolute atomic E-state index is 2.30. The first-order valence-electron chi connectivity index (χ1n) is 4.19. The summed E-state index contributed by atoms with van der Waals surface area (Å²) in [6.45, 7) is 2.23. The van der Waals surface area contributed by atoms with Crippen LogP contribution in [0.25, 0.3) is 6.08 Å². The van der Waals surface area contributed by atoms with Crippen LogP contribution in [0.5, 0.6) is 0 Å². The molecule has 0 saturated carbocycles. The van der Waals surface area contributed by atoms with E-state index in [1.54, 1.807) is 0 Å². The first-order valence-corrected chi connectivity index (χ1v) is 4.19. The van der Waals surface area contributed by atoms with Crippen molar-refractivity contribution in [2.75, 3.05) is 0 Å². The summed E-state index contributed by atoms with van der Waals surface area (Å²) in [5.41, 5.74) is 2.90. The third-order valence-corrected chi connectivity index (χ3v) is 2.34. The summed E-state index contributed by atoms with van der Waals surface area (Å²) >= 11 is 0. The molecule has 0 aromatic heterocycles. The fourth-order valence-electron chi connectivity index (χ4n) is 1.68. The summed E-state index contributed by atoms with van der Waals surface area (Å²) < 4.78 is 0. The summed E-state index contributed by atoms with van der Waals surface area (Å²) in [6, 6.07) is 8.63. The average Bonchev–Trinajstić information content (AvgIpc) is 2.47. The highest BCUT2D eigenvalue weighted by atomic mass is 14.2. The predicted octanol–water partition coefficient (Wildman–Crippen LogP) is 3.21. The van der Waals surface area contributed by atoms with Crippen LogP contribution in [-0.4, -0.2) is 0 Å². The molecule has 0 aliphatic heterocycles. The molecule has 0 fully saturated rings. The lowest BCUT2D eigenvalue weighted by molar-refractivity contribution is 0.818. The Morgan fingerprint density at radius 1 is 1.27 bits per heavy atom. The molecule has 1 aromatic rings. The lowest BCUT2D eigenvalue weighted by atomic mass is 9.99. The summed E-state index contributed by atoms with van der Waals surface area (Å²) in [6.07, 6.45) is 5.74. The molecule has 0 heterocycles. The third kappa shape index (κ3) is 0.988. The Labute approximate surface area is 67.6 Å². The molecule has 1 aromatic carbocycles. The van der Waals surface area contributed by atoms with Crippen molar-refractivity contribution in [1.82, 2.24) is 0 Å². The van der Waals surface area contributed by atoms with Crippen LogP contribution in [-0.2, 0) is 0 Å². The quantitative estimate of drug-likeness (QED) is 0.567. The molecule has 0 amide bonds. The Bertz CT molecular complexity index is 284. The van der Waals surface area contributed by atoms with Crippen LogP contribution in [0.4, 0.5) is 0 Å². The fraction of sp³-hybridized carbons (Fsp3) is 0.273. The molecule has 2 rings (SSSR count). The van der Waals surface area contributed by atoms with Crippen molar-refractivity contribution in [2.24, 2.45) is 0 Å². The third-order valence-electron chi connectivity index (χ3n) is 2.34. The highest BCUT2D eigenvalue weighted by Crippen LogP contribution is 2.31. The molecule has 1 atom stereocenters. The van der Waals surface area contributed by atoms with Gasteiger partial charge < -0.3 is 0 Å². The van der Waals surface area contributed by atoms with E-state index >= 15 is 0 Å². The minimum Gasteiger partial charge on any atom is -0.0764 e. The molecule has 0 bridgehead atoms. The maximum atomic E-state index is 2.30. The number of hydrogen-bond acceptors (Lipinski definition) is 0. The van der Waals surface area contributed by atoms with Gasteiger partial charge in [0.15, 0.2) is 0 Å². The standard InChI is InChI=1S/C11H12/c1-2-9-7-8-10-5-3-4-6-11(9)10/h3-9H,2H2,1H3/t9-/m0/s1. The molecule has 1 aliphatic carbocycles. The second-order valence-corrected chi connectivity index (χ2v) is 3.00. The average molecular weight is 144 g/mol. The smallest absolute Gasteiger partial charge is 0.00246 e. The molecule has 0 unspecified atom stereocenters. The van der Waals surface area contributed by atoms with E-state index in [1.165, 1.54) is 17.5 Å². The van der Waals surface area contributed by atoms with E-state index in [1.807, 2.05) is 0 Å². The Morgan fingerprint density at radius 3 is 2.91 bits per heavy atom. The molecule has 0 spiro atoms. The van der Waals surface area contributed by atoms with E-state index in [2.05, 4.69) is 43.3 Å². The Kier molecular flexibility index (Phi) is 1.54. The van der Waals surface area contributed by atoms with Gasteiger partial charge in [0.05, 0.1) is 0 Å². The van der Waals surface area contributed by atoms with Gasteiger partial charge in [0.1, 0.15) is 0 Å². The number of fused-ring (bicyclic) bond motifs is 1. The van der Waals surface area contributed by atoms with Crippen LogP contribution in [0, 0.1) is 0 Å². The first-order chi connectivity index (χ1) is 5.42. The Morgan fingerprint density at radius 2 is 2.09 bits per heavy atom. The normalized spacial score (nSPS) is 20.3. The number of benzene rings is 1. The van der Waals surface area contributed by atoms with E-state index in [-0.39, 0.29) is 0 Å². The maximum Gasteiger partial charge on any atom is 0.00246 e. The Hall–Kier alpha value is -1.04. The zero-order valence-corrected chi connectivity index (χ0v) is 6.75. The monoisotopic (exact) mass is 144 g/mol. The van der Waals surface area contributed by atoms with Crippen LogP contribution < -0.4 is 0 Å². The fourth-order valence-corrected chi connectivity index (χ4v) is 1.68. The van der Waals surface area contributed by atoms with E-state index in [9.17, 15) is 0 Å². The van der Waals surface area contributed by atoms with Gasteiger partial charge >= 0.3 is 0 Å².